The van der Waals surface area contributed by atoms with Crippen LogP contribution in [-0.4, -0.2) is 47.4 Å². The van der Waals surface area contributed by atoms with Crippen molar-refractivity contribution in [1.29, 1.82) is 0 Å². The number of amides is 2. The highest BCUT2D eigenvalue weighted by molar-refractivity contribution is 6.39. The first kappa shape index (κ1) is 15.2. The molecule has 7 nitrogen and oxygen atoms in total. The third-order valence-corrected chi connectivity index (χ3v) is 3.68. The number of pyridine rings is 1. The van der Waals surface area contributed by atoms with Crippen molar-refractivity contribution in [3.8, 4) is 0 Å². The number of carbonyl (C=O) groups is 2. The van der Waals surface area contributed by atoms with E-state index >= 15 is 0 Å². The Morgan fingerprint density at radius 2 is 2.24 bits per heavy atom. The van der Waals surface area contributed by atoms with Gasteiger partial charge in [0.15, 0.2) is 0 Å². The molecule has 0 aromatic carbocycles. The summed E-state index contributed by atoms with van der Waals surface area (Å²) in [6.45, 7) is 4.49. The lowest BCUT2D eigenvalue weighted by atomic mass is 10.2. The fraction of sp³-hybridized carbons (Fsp3) is 0.500. The van der Waals surface area contributed by atoms with E-state index in [1.165, 1.54) is 18.5 Å². The molecule has 1 aliphatic rings. The lowest BCUT2D eigenvalue weighted by Crippen LogP contribution is -2.44. The molecule has 0 spiro atoms. The molecule has 21 heavy (non-hydrogen) atoms. The lowest BCUT2D eigenvalue weighted by Gasteiger charge is -2.22. The molecule has 2 heterocycles. The zero-order chi connectivity index (χ0) is 15.2. The molecule has 1 unspecified atom stereocenters. The van der Waals surface area contributed by atoms with Crippen molar-refractivity contribution in [2.45, 2.75) is 25.8 Å². The first-order chi connectivity index (χ1) is 10.1. The summed E-state index contributed by atoms with van der Waals surface area (Å²) in [5.41, 5.74) is -0.281. The van der Waals surface area contributed by atoms with E-state index in [4.69, 9.17) is 0 Å². The average Bonchev–Trinajstić information content (AvgIpc) is 2.94. The van der Waals surface area contributed by atoms with Crippen LogP contribution in [0.15, 0.2) is 23.3 Å². The van der Waals surface area contributed by atoms with Gasteiger partial charge in [0.1, 0.15) is 5.69 Å². The predicted molar refractivity (Wildman–Crippen MR) is 79.0 cm³/mol. The second-order valence-corrected chi connectivity index (χ2v) is 5.01. The highest BCUT2D eigenvalue weighted by atomic mass is 16.2. The van der Waals surface area contributed by atoms with E-state index in [-0.39, 0.29) is 17.2 Å². The quantitative estimate of drug-likeness (QED) is 0.676. The Labute approximate surface area is 122 Å². The van der Waals surface area contributed by atoms with Crippen molar-refractivity contribution < 1.29 is 9.59 Å². The Bertz CT molecular complexity index is 569. The molecular formula is C14H20N4O3. The number of carbonyl (C=O) groups excluding carboxylic acids is 2. The van der Waals surface area contributed by atoms with Gasteiger partial charge in [-0.15, -0.1) is 0 Å². The van der Waals surface area contributed by atoms with Crippen molar-refractivity contribution in [3.63, 3.8) is 0 Å². The second kappa shape index (κ2) is 7.03. The van der Waals surface area contributed by atoms with Gasteiger partial charge in [0.2, 0.25) is 5.43 Å². The van der Waals surface area contributed by atoms with Crippen LogP contribution in [0.2, 0.25) is 0 Å². The average molecular weight is 292 g/mol. The van der Waals surface area contributed by atoms with E-state index in [1.54, 1.807) is 0 Å². The van der Waals surface area contributed by atoms with Gasteiger partial charge in [0.05, 0.1) is 0 Å². The number of likely N-dealkylation sites (N-methyl/N-ethyl adjacent to an activating group) is 1. The molecule has 7 heteroatoms. The molecule has 0 aliphatic carbocycles. The molecule has 2 rings (SSSR count). The monoisotopic (exact) mass is 292 g/mol. The Balaban J connectivity index is 1.84. The number of likely N-dealkylation sites (tertiary alicyclic amines) is 1. The number of aromatic amines is 1. The van der Waals surface area contributed by atoms with Gasteiger partial charge in [-0.05, 0) is 25.9 Å². The first-order valence-electron chi connectivity index (χ1n) is 7.12. The number of hydrogen-bond acceptors (Lipinski definition) is 4. The molecule has 0 saturated carbocycles. The van der Waals surface area contributed by atoms with E-state index in [9.17, 15) is 14.4 Å². The van der Waals surface area contributed by atoms with E-state index in [0.717, 1.165) is 25.9 Å². The standard InChI is InChI=1S/C14H20N4O3/c1-2-18-7-3-4-10(18)8-16-13(20)14(21)17-11-9-15-6-5-12(11)19/h5-6,9-10H,2-4,7-8H2,1H3,(H,15,19)(H,16,20)(H,17,21). The Morgan fingerprint density at radius 1 is 1.43 bits per heavy atom. The molecule has 1 fully saturated rings. The minimum absolute atomic E-state index is 0.0636. The van der Waals surface area contributed by atoms with Crippen LogP contribution in [0, 0.1) is 0 Å². The maximum atomic E-state index is 11.8. The van der Waals surface area contributed by atoms with Crippen LogP contribution in [0.3, 0.4) is 0 Å². The number of hydrogen-bond donors (Lipinski definition) is 3. The van der Waals surface area contributed by atoms with Crippen LogP contribution < -0.4 is 16.1 Å². The number of rotatable bonds is 4. The topological polar surface area (TPSA) is 94.3 Å². The zero-order valence-electron chi connectivity index (χ0n) is 12.0. The van der Waals surface area contributed by atoms with E-state index < -0.39 is 11.8 Å². The number of H-pyrrole nitrogens is 1. The SMILES string of the molecule is CCN1CCCC1CNC(=O)C(=O)Nc1c[nH]ccc1=O. The van der Waals surface area contributed by atoms with Crippen LogP contribution >= 0.6 is 0 Å². The summed E-state index contributed by atoms with van der Waals surface area (Å²) >= 11 is 0. The van der Waals surface area contributed by atoms with E-state index in [0.29, 0.717) is 6.54 Å². The molecule has 1 aromatic rings. The van der Waals surface area contributed by atoms with Crippen LogP contribution in [-0.2, 0) is 9.59 Å². The Kier molecular flexibility index (Phi) is 5.10. The maximum Gasteiger partial charge on any atom is 0.313 e. The highest BCUT2D eigenvalue weighted by Crippen LogP contribution is 2.15. The molecule has 1 atom stereocenters. The molecule has 114 valence electrons. The molecule has 3 N–H and O–H groups in total. The fourth-order valence-electron chi connectivity index (χ4n) is 2.53. The fourth-order valence-corrected chi connectivity index (χ4v) is 2.53. The van der Waals surface area contributed by atoms with Crippen molar-refractivity contribution in [2.24, 2.45) is 0 Å². The summed E-state index contributed by atoms with van der Waals surface area (Å²) in [6, 6.07) is 1.57. The summed E-state index contributed by atoms with van der Waals surface area (Å²) in [5.74, 6) is -1.55. The maximum absolute atomic E-state index is 11.8. The molecule has 1 aliphatic heterocycles. The molecule has 2 amide bonds. The van der Waals surface area contributed by atoms with Crippen molar-refractivity contribution in [3.05, 3.63) is 28.7 Å². The minimum Gasteiger partial charge on any atom is -0.366 e. The normalized spacial score (nSPS) is 18.4. The van der Waals surface area contributed by atoms with Gasteiger partial charge in [-0.25, -0.2) is 0 Å². The summed E-state index contributed by atoms with van der Waals surface area (Å²) < 4.78 is 0. The summed E-state index contributed by atoms with van der Waals surface area (Å²) in [7, 11) is 0. The predicted octanol–water partition coefficient (Wildman–Crippen LogP) is -0.0861. The van der Waals surface area contributed by atoms with E-state index in [1.807, 2.05) is 0 Å². The van der Waals surface area contributed by atoms with Gasteiger partial charge in [-0.3, -0.25) is 19.3 Å². The molecule has 1 aromatic heterocycles. The molecule has 0 radical (unpaired) electrons. The highest BCUT2D eigenvalue weighted by Gasteiger charge is 2.24. The van der Waals surface area contributed by atoms with Gasteiger partial charge in [-0.1, -0.05) is 6.92 Å². The van der Waals surface area contributed by atoms with Gasteiger partial charge < -0.3 is 15.6 Å². The zero-order valence-corrected chi connectivity index (χ0v) is 12.0. The summed E-state index contributed by atoms with van der Waals surface area (Å²) in [4.78, 5) is 39.9. The lowest BCUT2D eigenvalue weighted by molar-refractivity contribution is -0.136. The summed E-state index contributed by atoms with van der Waals surface area (Å²) in [5, 5.41) is 4.93. The van der Waals surface area contributed by atoms with Crippen molar-refractivity contribution >= 4 is 17.5 Å². The van der Waals surface area contributed by atoms with Gasteiger partial charge in [-0.2, -0.15) is 0 Å². The van der Waals surface area contributed by atoms with E-state index in [2.05, 4.69) is 27.4 Å². The smallest absolute Gasteiger partial charge is 0.313 e. The number of nitrogens with zero attached hydrogens (tertiary/aromatic N) is 1. The van der Waals surface area contributed by atoms with Crippen molar-refractivity contribution in [1.82, 2.24) is 15.2 Å². The third kappa shape index (κ3) is 3.91. The molecular weight excluding hydrogens is 272 g/mol. The molecule has 0 bridgehead atoms. The Morgan fingerprint density at radius 3 is 2.95 bits per heavy atom. The van der Waals surface area contributed by atoms with Crippen LogP contribution in [0.25, 0.3) is 0 Å². The first-order valence-corrected chi connectivity index (χ1v) is 7.12. The second-order valence-electron chi connectivity index (χ2n) is 5.01. The largest absolute Gasteiger partial charge is 0.366 e. The molecule has 1 saturated heterocycles. The number of aromatic nitrogens is 1. The van der Waals surface area contributed by atoms with Gasteiger partial charge in [0, 0.05) is 31.0 Å². The minimum atomic E-state index is -0.826. The Hall–Kier alpha value is -2.15. The number of anilines is 1. The van der Waals surface area contributed by atoms with Gasteiger partial charge in [0.25, 0.3) is 0 Å². The third-order valence-electron chi connectivity index (χ3n) is 3.68. The summed E-state index contributed by atoms with van der Waals surface area (Å²) in [6.07, 6.45) is 4.94. The van der Waals surface area contributed by atoms with Crippen molar-refractivity contribution in [2.75, 3.05) is 25.0 Å². The van der Waals surface area contributed by atoms with Gasteiger partial charge >= 0.3 is 11.8 Å². The van der Waals surface area contributed by atoms with Crippen LogP contribution in [0.1, 0.15) is 19.8 Å². The van der Waals surface area contributed by atoms with Crippen LogP contribution in [0.4, 0.5) is 5.69 Å². The van der Waals surface area contributed by atoms with Crippen LogP contribution in [0.5, 0.6) is 0 Å². The number of nitrogens with one attached hydrogen (secondary N) is 3.